The lowest BCUT2D eigenvalue weighted by Gasteiger charge is -2.19. The van der Waals surface area contributed by atoms with E-state index in [2.05, 4.69) is 25.9 Å². The second kappa shape index (κ2) is 9.62. The zero-order valence-corrected chi connectivity index (χ0v) is 21.0. The standard InChI is InChI=1S/C27H26ClN5O3/c1-4-36-23-9-8-17(13-24(23)35-3)20-12-16(2)22(15-21(20)25-30-32-33-31-25)29-26(34)27(10-11-27)18-6-5-7-19(28)14-18/h5-9,12-15H,4,10-11H2,1-3H3,(H,29,34)(H,30,31,32,33). The number of benzene rings is 3. The Bertz CT molecular complexity index is 1420. The van der Waals surface area contributed by atoms with E-state index in [-0.39, 0.29) is 5.91 Å². The Hall–Kier alpha value is -3.91. The van der Waals surface area contributed by atoms with Crippen LogP contribution in [0.4, 0.5) is 5.69 Å². The molecule has 0 atom stereocenters. The minimum absolute atomic E-state index is 0.0509. The predicted molar refractivity (Wildman–Crippen MR) is 139 cm³/mol. The van der Waals surface area contributed by atoms with Gasteiger partial charge >= 0.3 is 0 Å². The SMILES string of the molecule is CCOc1ccc(-c2cc(C)c(NC(=O)C3(c4cccc(Cl)c4)CC3)cc2-c2nnn[nH]2)cc1OC. The van der Waals surface area contributed by atoms with E-state index in [1.165, 1.54) is 0 Å². The molecule has 0 aliphatic heterocycles. The molecular formula is C27H26ClN5O3. The molecule has 3 aromatic carbocycles. The van der Waals surface area contributed by atoms with Crippen LogP contribution >= 0.6 is 11.6 Å². The molecule has 0 unspecified atom stereocenters. The lowest BCUT2D eigenvalue weighted by atomic mass is 9.93. The van der Waals surface area contributed by atoms with Gasteiger partial charge in [-0.3, -0.25) is 4.79 Å². The molecule has 1 heterocycles. The summed E-state index contributed by atoms with van der Waals surface area (Å²) in [6.45, 7) is 4.43. The summed E-state index contributed by atoms with van der Waals surface area (Å²) in [5, 5.41) is 18.2. The number of rotatable bonds is 8. The Kier molecular flexibility index (Phi) is 6.36. The van der Waals surface area contributed by atoms with Crippen molar-refractivity contribution in [2.24, 2.45) is 0 Å². The lowest BCUT2D eigenvalue weighted by Crippen LogP contribution is -2.28. The van der Waals surface area contributed by atoms with E-state index in [9.17, 15) is 4.79 Å². The Morgan fingerprint density at radius 3 is 2.61 bits per heavy atom. The number of aromatic nitrogens is 4. The number of methoxy groups -OCH3 is 1. The lowest BCUT2D eigenvalue weighted by molar-refractivity contribution is -0.118. The number of nitrogens with one attached hydrogen (secondary N) is 2. The van der Waals surface area contributed by atoms with Crippen LogP contribution in [0.3, 0.4) is 0 Å². The number of aryl methyl sites for hydroxylation is 1. The molecule has 0 saturated heterocycles. The van der Waals surface area contributed by atoms with E-state index in [4.69, 9.17) is 21.1 Å². The average Bonchev–Trinajstić information content (AvgIpc) is 3.52. The molecule has 36 heavy (non-hydrogen) atoms. The Labute approximate surface area is 214 Å². The van der Waals surface area contributed by atoms with Gasteiger partial charge in [0.25, 0.3) is 0 Å². The van der Waals surface area contributed by atoms with Gasteiger partial charge in [-0.25, -0.2) is 5.10 Å². The molecule has 0 bridgehead atoms. The second-order valence-corrected chi connectivity index (χ2v) is 9.24. The first-order chi connectivity index (χ1) is 17.4. The van der Waals surface area contributed by atoms with Gasteiger partial charge in [0.2, 0.25) is 5.91 Å². The van der Waals surface area contributed by atoms with Gasteiger partial charge in [-0.05, 0) is 95.8 Å². The normalized spacial score (nSPS) is 13.8. The predicted octanol–water partition coefficient (Wildman–Crippen LogP) is 5.57. The van der Waals surface area contributed by atoms with Crippen LogP contribution in [-0.4, -0.2) is 40.2 Å². The van der Waals surface area contributed by atoms with Crippen LogP contribution in [0.2, 0.25) is 5.02 Å². The molecule has 0 spiro atoms. The number of amides is 1. The van der Waals surface area contributed by atoms with Crippen molar-refractivity contribution in [2.45, 2.75) is 32.1 Å². The fraction of sp³-hybridized carbons (Fsp3) is 0.259. The van der Waals surface area contributed by atoms with Gasteiger partial charge < -0.3 is 14.8 Å². The van der Waals surface area contributed by atoms with E-state index in [0.717, 1.165) is 40.7 Å². The van der Waals surface area contributed by atoms with Gasteiger partial charge in [0.05, 0.1) is 19.1 Å². The maximum absolute atomic E-state index is 13.5. The Morgan fingerprint density at radius 1 is 1.11 bits per heavy atom. The van der Waals surface area contributed by atoms with Gasteiger partial charge in [0, 0.05) is 16.3 Å². The highest BCUT2D eigenvalue weighted by atomic mass is 35.5. The molecule has 1 aliphatic carbocycles. The highest BCUT2D eigenvalue weighted by molar-refractivity contribution is 6.30. The van der Waals surface area contributed by atoms with Crippen LogP contribution in [-0.2, 0) is 10.2 Å². The highest BCUT2D eigenvalue weighted by Gasteiger charge is 2.51. The van der Waals surface area contributed by atoms with E-state index >= 15 is 0 Å². The summed E-state index contributed by atoms with van der Waals surface area (Å²) in [7, 11) is 1.61. The number of anilines is 1. The summed E-state index contributed by atoms with van der Waals surface area (Å²) in [5.74, 6) is 1.74. The van der Waals surface area contributed by atoms with E-state index in [1.807, 2.05) is 68.4 Å². The van der Waals surface area contributed by atoms with Crippen LogP contribution in [0.15, 0.2) is 54.6 Å². The molecule has 1 aromatic heterocycles. The van der Waals surface area contributed by atoms with Gasteiger partial charge in [0.15, 0.2) is 17.3 Å². The summed E-state index contributed by atoms with van der Waals surface area (Å²) in [6.07, 6.45) is 1.56. The molecule has 1 aliphatic rings. The van der Waals surface area contributed by atoms with Crippen LogP contribution in [0.1, 0.15) is 30.9 Å². The van der Waals surface area contributed by atoms with E-state index in [0.29, 0.717) is 34.6 Å². The minimum Gasteiger partial charge on any atom is -0.493 e. The first-order valence-corrected chi connectivity index (χ1v) is 12.1. The Morgan fingerprint density at radius 2 is 1.94 bits per heavy atom. The molecule has 184 valence electrons. The minimum atomic E-state index is -0.563. The number of hydrogen-bond acceptors (Lipinski definition) is 6. The quantitative estimate of drug-likeness (QED) is 0.326. The molecule has 9 heteroatoms. The summed E-state index contributed by atoms with van der Waals surface area (Å²) in [6, 6.07) is 17.2. The molecule has 1 amide bonds. The fourth-order valence-corrected chi connectivity index (χ4v) is 4.65. The summed E-state index contributed by atoms with van der Waals surface area (Å²) < 4.78 is 11.2. The van der Waals surface area contributed by atoms with Crippen molar-refractivity contribution in [1.82, 2.24) is 20.6 Å². The van der Waals surface area contributed by atoms with Crippen molar-refractivity contribution in [1.29, 1.82) is 0 Å². The van der Waals surface area contributed by atoms with Crippen molar-refractivity contribution in [3.63, 3.8) is 0 Å². The average molecular weight is 504 g/mol. The third-order valence-electron chi connectivity index (χ3n) is 6.55. The van der Waals surface area contributed by atoms with Crippen LogP contribution in [0.25, 0.3) is 22.5 Å². The summed E-state index contributed by atoms with van der Waals surface area (Å²) in [5.41, 5.74) is 4.52. The zero-order valence-electron chi connectivity index (χ0n) is 20.3. The molecule has 4 aromatic rings. The maximum atomic E-state index is 13.5. The van der Waals surface area contributed by atoms with Gasteiger partial charge in [-0.15, -0.1) is 5.10 Å². The molecule has 2 N–H and O–H groups in total. The van der Waals surface area contributed by atoms with Crippen LogP contribution < -0.4 is 14.8 Å². The molecule has 8 nitrogen and oxygen atoms in total. The number of tetrazole rings is 1. The van der Waals surface area contributed by atoms with Crippen molar-refractivity contribution >= 4 is 23.2 Å². The van der Waals surface area contributed by atoms with Gasteiger partial charge in [-0.1, -0.05) is 29.8 Å². The largest absolute Gasteiger partial charge is 0.493 e. The number of hydrogen-bond donors (Lipinski definition) is 2. The number of nitrogens with zero attached hydrogens (tertiary/aromatic N) is 3. The zero-order chi connectivity index (χ0) is 25.3. The third kappa shape index (κ3) is 4.40. The summed E-state index contributed by atoms with van der Waals surface area (Å²) >= 11 is 6.20. The Balaban J connectivity index is 1.54. The van der Waals surface area contributed by atoms with Crippen molar-refractivity contribution < 1.29 is 14.3 Å². The molecule has 5 rings (SSSR count). The first kappa shape index (κ1) is 23.8. The second-order valence-electron chi connectivity index (χ2n) is 8.81. The topological polar surface area (TPSA) is 102 Å². The van der Waals surface area contributed by atoms with Gasteiger partial charge in [0.1, 0.15) is 0 Å². The smallest absolute Gasteiger partial charge is 0.235 e. The summed E-state index contributed by atoms with van der Waals surface area (Å²) in [4.78, 5) is 13.5. The van der Waals surface area contributed by atoms with Crippen molar-refractivity contribution in [2.75, 3.05) is 19.0 Å². The van der Waals surface area contributed by atoms with E-state index in [1.54, 1.807) is 7.11 Å². The van der Waals surface area contributed by atoms with E-state index < -0.39 is 5.41 Å². The molecular weight excluding hydrogens is 478 g/mol. The monoisotopic (exact) mass is 503 g/mol. The van der Waals surface area contributed by atoms with Crippen molar-refractivity contribution in [3.05, 3.63) is 70.7 Å². The number of H-pyrrole nitrogens is 1. The molecule has 1 saturated carbocycles. The number of carbonyl (C=O) groups is 1. The number of aromatic amines is 1. The van der Waals surface area contributed by atoms with Gasteiger partial charge in [-0.2, -0.15) is 0 Å². The van der Waals surface area contributed by atoms with Crippen LogP contribution in [0, 0.1) is 6.92 Å². The first-order valence-electron chi connectivity index (χ1n) is 11.7. The molecule has 1 fully saturated rings. The molecule has 0 radical (unpaired) electrons. The number of halogens is 1. The third-order valence-corrected chi connectivity index (χ3v) is 6.78. The fourth-order valence-electron chi connectivity index (χ4n) is 4.46. The van der Waals surface area contributed by atoms with Crippen LogP contribution in [0.5, 0.6) is 11.5 Å². The number of ether oxygens (including phenoxy) is 2. The maximum Gasteiger partial charge on any atom is 0.235 e. The number of carbonyl (C=O) groups excluding carboxylic acids is 1. The highest BCUT2D eigenvalue weighted by Crippen LogP contribution is 2.50. The van der Waals surface area contributed by atoms with Crippen molar-refractivity contribution in [3.8, 4) is 34.0 Å².